The Labute approximate surface area is 160 Å². The second kappa shape index (κ2) is 6.15. The molecule has 0 saturated carbocycles. The Bertz CT molecular complexity index is 1250. The topological polar surface area (TPSA) is 13.1 Å². The number of rotatable bonds is 2. The van der Waals surface area contributed by atoms with Gasteiger partial charge in [-0.3, -0.25) is 0 Å². The zero-order valence-electron chi connectivity index (χ0n) is 13.9. The van der Waals surface area contributed by atoms with E-state index in [9.17, 15) is 0 Å². The monoisotopic (exact) mass is 398 g/mol. The average Bonchev–Trinajstić information content (AvgIpc) is 3.07. The normalized spacial score (nSPS) is 11.3. The second-order valence-corrected chi connectivity index (χ2v) is 7.16. The van der Waals surface area contributed by atoms with E-state index in [0.717, 1.165) is 32.0 Å². The zero-order chi connectivity index (χ0) is 17.5. The van der Waals surface area contributed by atoms with Crippen molar-refractivity contribution in [1.82, 2.24) is 0 Å². The maximum atomic E-state index is 6.25. The highest BCUT2D eigenvalue weighted by Crippen LogP contribution is 2.41. The van der Waals surface area contributed by atoms with Crippen LogP contribution in [0.25, 0.3) is 44.2 Å². The molecule has 0 radical (unpaired) electrons. The summed E-state index contributed by atoms with van der Waals surface area (Å²) in [5.74, 6) is 0. The van der Waals surface area contributed by atoms with Crippen LogP contribution < -0.4 is 0 Å². The zero-order valence-corrected chi connectivity index (χ0v) is 15.5. The number of hydrogen-bond acceptors (Lipinski definition) is 1. The average molecular weight is 399 g/mol. The third kappa shape index (κ3) is 2.38. The molecule has 0 N–H and O–H groups in total. The van der Waals surface area contributed by atoms with Gasteiger partial charge in [-0.25, -0.2) is 0 Å². The van der Waals surface area contributed by atoms with Crippen molar-refractivity contribution in [3.63, 3.8) is 0 Å². The summed E-state index contributed by atoms with van der Waals surface area (Å²) in [6.07, 6.45) is 0. The maximum absolute atomic E-state index is 6.25. The lowest BCUT2D eigenvalue weighted by Crippen LogP contribution is -1.86. The van der Waals surface area contributed by atoms with E-state index in [1.807, 2.05) is 18.2 Å². The quantitative estimate of drug-likeness (QED) is 0.297. The summed E-state index contributed by atoms with van der Waals surface area (Å²) in [6, 6.07) is 31.4. The fraction of sp³-hybridized carbons (Fsp3) is 0. The van der Waals surface area contributed by atoms with Crippen molar-refractivity contribution < 1.29 is 4.42 Å². The molecule has 0 aliphatic rings. The number of furan rings is 1. The van der Waals surface area contributed by atoms with Crippen molar-refractivity contribution in [3.8, 4) is 22.3 Å². The first-order valence-corrected chi connectivity index (χ1v) is 9.37. The molecular weight excluding hydrogens is 384 g/mol. The summed E-state index contributed by atoms with van der Waals surface area (Å²) in [5, 5.41) is 2.31. The van der Waals surface area contributed by atoms with Gasteiger partial charge in [-0.15, -0.1) is 0 Å². The predicted octanol–water partition coefficient (Wildman–Crippen LogP) is 7.68. The molecule has 0 fully saturated rings. The van der Waals surface area contributed by atoms with Gasteiger partial charge in [0.25, 0.3) is 0 Å². The lowest BCUT2D eigenvalue weighted by molar-refractivity contribution is 0.670. The molecule has 0 amide bonds. The number of benzene rings is 4. The van der Waals surface area contributed by atoms with Crippen LogP contribution in [-0.4, -0.2) is 0 Å². The molecule has 4 aromatic carbocycles. The molecule has 1 heterocycles. The summed E-state index contributed by atoms with van der Waals surface area (Å²) < 4.78 is 7.33. The Morgan fingerprint density at radius 1 is 0.500 bits per heavy atom. The standard InChI is InChI=1S/C24H15BrO/c25-22-14-5-3-10-18(22)16-8-1-2-9-17(16)20-12-7-13-21-19-11-4-6-15-23(19)26-24(20)21/h1-15H. The highest BCUT2D eigenvalue weighted by atomic mass is 79.9. The van der Waals surface area contributed by atoms with Gasteiger partial charge in [-0.2, -0.15) is 0 Å². The SMILES string of the molecule is Brc1ccccc1-c1ccccc1-c1cccc2c1oc1ccccc12. The first-order valence-electron chi connectivity index (χ1n) is 8.57. The van der Waals surface area contributed by atoms with E-state index >= 15 is 0 Å². The molecule has 1 nitrogen and oxygen atoms in total. The second-order valence-electron chi connectivity index (χ2n) is 6.31. The van der Waals surface area contributed by atoms with Crippen LogP contribution in [-0.2, 0) is 0 Å². The summed E-state index contributed by atoms with van der Waals surface area (Å²) in [6.45, 7) is 0. The molecule has 0 aliphatic carbocycles. The Morgan fingerprint density at radius 3 is 1.88 bits per heavy atom. The molecule has 0 atom stereocenters. The van der Waals surface area contributed by atoms with Crippen molar-refractivity contribution in [2.75, 3.05) is 0 Å². The highest BCUT2D eigenvalue weighted by molar-refractivity contribution is 9.10. The van der Waals surface area contributed by atoms with Crippen LogP contribution in [0.2, 0.25) is 0 Å². The van der Waals surface area contributed by atoms with Crippen LogP contribution in [0.15, 0.2) is 99.9 Å². The van der Waals surface area contributed by atoms with Crippen molar-refractivity contribution in [2.45, 2.75) is 0 Å². The first-order chi connectivity index (χ1) is 12.8. The molecule has 0 spiro atoms. The van der Waals surface area contributed by atoms with Crippen molar-refractivity contribution in [1.29, 1.82) is 0 Å². The van der Waals surface area contributed by atoms with E-state index in [2.05, 4.69) is 88.7 Å². The number of para-hydroxylation sites is 2. The van der Waals surface area contributed by atoms with Gasteiger partial charge >= 0.3 is 0 Å². The summed E-state index contributed by atoms with van der Waals surface area (Å²) in [5.41, 5.74) is 6.51. The van der Waals surface area contributed by atoms with Gasteiger partial charge in [0.15, 0.2) is 0 Å². The van der Waals surface area contributed by atoms with E-state index in [-0.39, 0.29) is 0 Å². The molecule has 0 unspecified atom stereocenters. The van der Waals surface area contributed by atoms with Gasteiger partial charge < -0.3 is 4.42 Å². The number of halogens is 1. The van der Waals surface area contributed by atoms with Gasteiger partial charge in [0, 0.05) is 20.8 Å². The van der Waals surface area contributed by atoms with E-state index < -0.39 is 0 Å². The van der Waals surface area contributed by atoms with Crippen molar-refractivity contribution in [3.05, 3.63) is 95.5 Å². The minimum Gasteiger partial charge on any atom is -0.455 e. The van der Waals surface area contributed by atoms with Crippen LogP contribution in [0, 0.1) is 0 Å². The van der Waals surface area contributed by atoms with E-state index in [4.69, 9.17) is 4.42 Å². The summed E-state index contributed by atoms with van der Waals surface area (Å²) in [4.78, 5) is 0. The summed E-state index contributed by atoms with van der Waals surface area (Å²) >= 11 is 3.69. The molecular formula is C24H15BrO. The van der Waals surface area contributed by atoms with Gasteiger partial charge in [0.2, 0.25) is 0 Å². The van der Waals surface area contributed by atoms with Crippen LogP contribution >= 0.6 is 15.9 Å². The maximum Gasteiger partial charge on any atom is 0.143 e. The predicted molar refractivity (Wildman–Crippen MR) is 112 cm³/mol. The molecule has 124 valence electrons. The van der Waals surface area contributed by atoms with Crippen molar-refractivity contribution >= 4 is 37.9 Å². The molecule has 0 aliphatic heterocycles. The number of hydrogen-bond donors (Lipinski definition) is 0. The van der Waals surface area contributed by atoms with Crippen LogP contribution in [0.4, 0.5) is 0 Å². The fourth-order valence-electron chi connectivity index (χ4n) is 3.59. The largest absolute Gasteiger partial charge is 0.455 e. The Balaban J connectivity index is 1.84. The van der Waals surface area contributed by atoms with Gasteiger partial charge in [0.1, 0.15) is 11.2 Å². The Kier molecular flexibility index (Phi) is 3.65. The smallest absolute Gasteiger partial charge is 0.143 e. The van der Waals surface area contributed by atoms with Crippen LogP contribution in [0.3, 0.4) is 0 Å². The number of fused-ring (bicyclic) bond motifs is 3. The lowest BCUT2D eigenvalue weighted by atomic mass is 9.93. The van der Waals surface area contributed by atoms with Crippen molar-refractivity contribution in [2.24, 2.45) is 0 Å². The lowest BCUT2D eigenvalue weighted by Gasteiger charge is -2.12. The highest BCUT2D eigenvalue weighted by Gasteiger charge is 2.15. The minimum atomic E-state index is 0.924. The third-order valence-electron chi connectivity index (χ3n) is 4.79. The van der Waals surface area contributed by atoms with E-state index in [1.165, 1.54) is 16.7 Å². The van der Waals surface area contributed by atoms with Crippen LogP contribution in [0.5, 0.6) is 0 Å². The van der Waals surface area contributed by atoms with Crippen LogP contribution in [0.1, 0.15) is 0 Å². The van der Waals surface area contributed by atoms with E-state index in [0.29, 0.717) is 0 Å². The minimum absolute atomic E-state index is 0.924. The van der Waals surface area contributed by atoms with E-state index in [1.54, 1.807) is 0 Å². The molecule has 1 aromatic heterocycles. The Hall–Kier alpha value is -2.84. The molecule has 26 heavy (non-hydrogen) atoms. The van der Waals surface area contributed by atoms with Gasteiger partial charge in [-0.05, 0) is 28.8 Å². The molecule has 5 aromatic rings. The Morgan fingerprint density at radius 2 is 1.08 bits per heavy atom. The molecule has 0 bridgehead atoms. The molecule has 0 saturated heterocycles. The first kappa shape index (κ1) is 15.4. The fourth-order valence-corrected chi connectivity index (χ4v) is 4.09. The molecule has 2 heteroatoms. The summed E-state index contributed by atoms with van der Waals surface area (Å²) in [7, 11) is 0. The van der Waals surface area contributed by atoms with Gasteiger partial charge in [-0.1, -0.05) is 94.8 Å². The third-order valence-corrected chi connectivity index (χ3v) is 5.48. The van der Waals surface area contributed by atoms with Gasteiger partial charge in [0.05, 0.1) is 0 Å². The molecule has 5 rings (SSSR count).